The lowest BCUT2D eigenvalue weighted by molar-refractivity contribution is 0.102. The highest BCUT2D eigenvalue weighted by atomic mass is 79.9. The lowest BCUT2D eigenvalue weighted by Gasteiger charge is -2.08. The van der Waals surface area contributed by atoms with Crippen molar-refractivity contribution in [2.24, 2.45) is 0 Å². The Labute approximate surface area is 117 Å². The minimum Gasteiger partial charge on any atom is -0.507 e. The summed E-state index contributed by atoms with van der Waals surface area (Å²) < 4.78 is 13.9. The second-order valence-electron chi connectivity index (χ2n) is 3.93. The molecule has 1 heterocycles. The Morgan fingerprint density at radius 1 is 1.42 bits per heavy atom. The Bertz CT molecular complexity index is 647. The maximum atomic E-state index is 13.1. The summed E-state index contributed by atoms with van der Waals surface area (Å²) in [6.07, 6.45) is 1.54. The van der Waals surface area contributed by atoms with Crippen molar-refractivity contribution in [3.05, 3.63) is 51.9 Å². The third-order valence-corrected chi connectivity index (χ3v) is 2.91. The van der Waals surface area contributed by atoms with E-state index in [1.807, 2.05) is 0 Å². The molecule has 1 amide bonds. The van der Waals surface area contributed by atoms with Crippen molar-refractivity contribution in [1.82, 2.24) is 4.98 Å². The lowest BCUT2D eigenvalue weighted by atomic mass is 10.1. The average molecular weight is 325 g/mol. The number of halogens is 2. The highest BCUT2D eigenvalue weighted by molar-refractivity contribution is 9.10. The van der Waals surface area contributed by atoms with Crippen molar-refractivity contribution in [3.63, 3.8) is 0 Å². The number of anilines is 1. The van der Waals surface area contributed by atoms with Gasteiger partial charge in [0.15, 0.2) is 0 Å². The predicted molar refractivity (Wildman–Crippen MR) is 72.7 cm³/mol. The molecule has 0 saturated carbocycles. The molecule has 0 fully saturated rings. The monoisotopic (exact) mass is 324 g/mol. The smallest absolute Gasteiger partial charge is 0.260 e. The molecule has 98 valence electrons. The molecule has 0 unspecified atom stereocenters. The van der Waals surface area contributed by atoms with Gasteiger partial charge in [-0.1, -0.05) is 0 Å². The van der Waals surface area contributed by atoms with E-state index in [2.05, 4.69) is 26.2 Å². The number of aromatic nitrogens is 1. The molecule has 0 bridgehead atoms. The largest absolute Gasteiger partial charge is 0.507 e. The van der Waals surface area contributed by atoms with Crippen molar-refractivity contribution < 1.29 is 14.3 Å². The van der Waals surface area contributed by atoms with Crippen molar-refractivity contribution in [1.29, 1.82) is 0 Å². The Morgan fingerprint density at radius 3 is 2.84 bits per heavy atom. The Hall–Kier alpha value is -1.95. The van der Waals surface area contributed by atoms with Gasteiger partial charge in [-0.15, -0.1) is 0 Å². The first kappa shape index (κ1) is 13.5. The molecule has 0 radical (unpaired) electrons. The second kappa shape index (κ2) is 5.36. The Kier molecular flexibility index (Phi) is 3.80. The molecule has 1 aromatic heterocycles. The van der Waals surface area contributed by atoms with Crippen LogP contribution >= 0.6 is 15.9 Å². The maximum absolute atomic E-state index is 13.1. The summed E-state index contributed by atoms with van der Waals surface area (Å²) in [5.74, 6) is -1.14. The number of amides is 1. The molecule has 4 nitrogen and oxygen atoms in total. The van der Waals surface area contributed by atoms with Crippen LogP contribution in [0.2, 0.25) is 0 Å². The summed E-state index contributed by atoms with van der Waals surface area (Å²) in [7, 11) is 0. The van der Waals surface area contributed by atoms with Gasteiger partial charge in [0, 0.05) is 10.7 Å². The van der Waals surface area contributed by atoms with Gasteiger partial charge < -0.3 is 10.4 Å². The highest BCUT2D eigenvalue weighted by Crippen LogP contribution is 2.21. The number of phenols is 1. The van der Waals surface area contributed by atoms with E-state index in [4.69, 9.17) is 0 Å². The van der Waals surface area contributed by atoms with Crippen LogP contribution in [0.25, 0.3) is 0 Å². The molecular weight excluding hydrogens is 315 g/mol. The van der Waals surface area contributed by atoms with E-state index < -0.39 is 11.7 Å². The van der Waals surface area contributed by atoms with Gasteiger partial charge in [-0.2, -0.15) is 0 Å². The molecule has 0 aliphatic carbocycles. The number of hydrogen-bond donors (Lipinski definition) is 2. The second-order valence-corrected chi connectivity index (χ2v) is 4.85. The first-order valence-corrected chi connectivity index (χ1v) is 6.18. The zero-order chi connectivity index (χ0) is 14.0. The maximum Gasteiger partial charge on any atom is 0.260 e. The Balaban J connectivity index is 2.28. The lowest BCUT2D eigenvalue weighted by Crippen LogP contribution is -2.14. The van der Waals surface area contributed by atoms with Crippen LogP contribution in [0, 0.1) is 12.7 Å². The normalized spacial score (nSPS) is 10.3. The van der Waals surface area contributed by atoms with Gasteiger partial charge in [0.1, 0.15) is 17.4 Å². The molecule has 6 heteroatoms. The predicted octanol–water partition coefficient (Wildman–Crippen LogP) is 3.25. The topological polar surface area (TPSA) is 62.2 Å². The number of aryl methyl sites for hydroxylation is 1. The molecule has 2 aromatic rings. The summed E-state index contributed by atoms with van der Waals surface area (Å²) >= 11 is 3.26. The minimum absolute atomic E-state index is 0.135. The molecule has 1 aromatic carbocycles. The van der Waals surface area contributed by atoms with Crippen molar-refractivity contribution >= 4 is 27.7 Å². The van der Waals surface area contributed by atoms with Gasteiger partial charge in [-0.25, -0.2) is 9.37 Å². The standard InChI is InChI=1S/C13H10BrFN2O2/c1-7-4-8(14)6-16-12(7)17-13(19)10-5-9(15)2-3-11(10)18/h2-6,18H,1H3,(H,16,17,19). The third kappa shape index (κ3) is 3.08. The number of carbonyl (C=O) groups is 1. The molecular formula is C13H10BrFN2O2. The number of hydrogen-bond acceptors (Lipinski definition) is 3. The van der Waals surface area contributed by atoms with Crippen LogP contribution < -0.4 is 5.32 Å². The summed E-state index contributed by atoms with van der Waals surface area (Å²) in [5, 5.41) is 12.1. The zero-order valence-corrected chi connectivity index (χ0v) is 11.5. The van der Waals surface area contributed by atoms with E-state index in [9.17, 15) is 14.3 Å². The Morgan fingerprint density at radius 2 is 2.16 bits per heavy atom. The fraction of sp³-hybridized carbons (Fsp3) is 0.0769. The van der Waals surface area contributed by atoms with E-state index in [1.165, 1.54) is 6.20 Å². The molecule has 2 N–H and O–H groups in total. The molecule has 0 aliphatic heterocycles. The van der Waals surface area contributed by atoms with Gasteiger partial charge in [0.2, 0.25) is 0 Å². The SMILES string of the molecule is Cc1cc(Br)cnc1NC(=O)c1cc(F)ccc1O. The molecule has 19 heavy (non-hydrogen) atoms. The fourth-order valence-electron chi connectivity index (χ4n) is 1.54. The van der Waals surface area contributed by atoms with Crippen LogP contribution in [0.3, 0.4) is 0 Å². The summed E-state index contributed by atoms with van der Waals surface area (Å²) in [6.45, 7) is 1.78. The number of nitrogens with one attached hydrogen (secondary N) is 1. The van der Waals surface area contributed by atoms with Crippen LogP contribution in [0.5, 0.6) is 5.75 Å². The first-order valence-electron chi connectivity index (χ1n) is 5.39. The summed E-state index contributed by atoms with van der Waals surface area (Å²) in [6, 6.07) is 4.97. The zero-order valence-electron chi connectivity index (χ0n) is 9.95. The molecule has 0 spiro atoms. The van der Waals surface area contributed by atoms with E-state index >= 15 is 0 Å². The van der Waals surface area contributed by atoms with Crippen LogP contribution in [-0.4, -0.2) is 16.0 Å². The van der Waals surface area contributed by atoms with Gasteiger partial charge in [0.25, 0.3) is 5.91 Å². The van der Waals surface area contributed by atoms with E-state index in [-0.39, 0.29) is 11.3 Å². The quantitative estimate of drug-likeness (QED) is 0.891. The van der Waals surface area contributed by atoms with E-state index in [0.29, 0.717) is 5.82 Å². The summed E-state index contributed by atoms with van der Waals surface area (Å²) in [5.41, 5.74) is 0.614. The van der Waals surface area contributed by atoms with Gasteiger partial charge in [0.05, 0.1) is 5.56 Å². The van der Waals surface area contributed by atoms with Gasteiger partial charge >= 0.3 is 0 Å². The van der Waals surface area contributed by atoms with Gasteiger partial charge in [-0.05, 0) is 52.7 Å². The number of pyridine rings is 1. The van der Waals surface area contributed by atoms with Crippen LogP contribution in [0.4, 0.5) is 10.2 Å². The highest BCUT2D eigenvalue weighted by Gasteiger charge is 2.14. The van der Waals surface area contributed by atoms with Crippen LogP contribution in [-0.2, 0) is 0 Å². The minimum atomic E-state index is -0.616. The van der Waals surface area contributed by atoms with Crippen molar-refractivity contribution in [3.8, 4) is 5.75 Å². The number of phenolic OH excluding ortho intramolecular Hbond substituents is 1. The van der Waals surface area contributed by atoms with Crippen molar-refractivity contribution in [2.45, 2.75) is 6.92 Å². The van der Waals surface area contributed by atoms with Crippen molar-refractivity contribution in [2.75, 3.05) is 5.32 Å². The molecule has 0 saturated heterocycles. The number of aromatic hydroxyl groups is 1. The fourth-order valence-corrected chi connectivity index (χ4v) is 1.98. The van der Waals surface area contributed by atoms with E-state index in [1.54, 1.807) is 13.0 Å². The number of carbonyl (C=O) groups excluding carboxylic acids is 1. The number of rotatable bonds is 2. The molecule has 0 aliphatic rings. The average Bonchev–Trinajstić information content (AvgIpc) is 2.35. The third-order valence-electron chi connectivity index (χ3n) is 2.48. The number of nitrogens with zero attached hydrogens (tertiary/aromatic N) is 1. The van der Waals surface area contributed by atoms with Crippen LogP contribution in [0.1, 0.15) is 15.9 Å². The molecule has 0 atom stereocenters. The van der Waals surface area contributed by atoms with Gasteiger partial charge in [-0.3, -0.25) is 4.79 Å². The first-order chi connectivity index (χ1) is 8.97. The van der Waals surface area contributed by atoms with Crippen LogP contribution in [0.15, 0.2) is 34.9 Å². The number of benzene rings is 1. The molecule has 2 rings (SSSR count). The summed E-state index contributed by atoms with van der Waals surface area (Å²) in [4.78, 5) is 16.0. The van der Waals surface area contributed by atoms with E-state index in [0.717, 1.165) is 28.2 Å².